The van der Waals surface area contributed by atoms with Gasteiger partial charge in [-0.05, 0) is 56.0 Å². The van der Waals surface area contributed by atoms with Gasteiger partial charge < -0.3 is 19.3 Å². The summed E-state index contributed by atoms with van der Waals surface area (Å²) in [7, 11) is 0. The van der Waals surface area contributed by atoms with Gasteiger partial charge in [-0.25, -0.2) is 4.79 Å². The van der Waals surface area contributed by atoms with E-state index >= 15 is 0 Å². The Morgan fingerprint density at radius 1 is 1.06 bits per heavy atom. The standard InChI is InChI=1S/C27H31N3O5/c28-15-20-6-7-24-25(14-20)34-22(18-33-24)16-29-11-8-19(9-12-29)10-13-30-23(17-31)26(35-27(30)32)21-4-2-1-3-5-21/h1-7,14,19,22-23,26,31H,8-13,16-18H2/t22-,23+,26+/m0/s1. The molecule has 8 nitrogen and oxygen atoms in total. The summed E-state index contributed by atoms with van der Waals surface area (Å²) in [5.74, 6) is 1.85. The average Bonchev–Trinajstić information content (AvgIpc) is 3.23. The lowest BCUT2D eigenvalue weighted by Gasteiger charge is -2.36. The number of nitriles is 1. The number of carbonyl (C=O) groups is 1. The van der Waals surface area contributed by atoms with Crippen LogP contribution in [0.5, 0.6) is 11.5 Å². The predicted molar refractivity (Wildman–Crippen MR) is 128 cm³/mol. The molecular weight excluding hydrogens is 446 g/mol. The quantitative estimate of drug-likeness (QED) is 0.653. The van der Waals surface area contributed by atoms with Gasteiger partial charge in [0.15, 0.2) is 17.6 Å². The maximum atomic E-state index is 12.5. The number of aliphatic hydroxyl groups is 1. The molecule has 2 fully saturated rings. The highest BCUT2D eigenvalue weighted by atomic mass is 16.6. The molecule has 8 heteroatoms. The Labute approximate surface area is 205 Å². The predicted octanol–water partition coefficient (Wildman–Crippen LogP) is 3.35. The van der Waals surface area contributed by atoms with E-state index in [1.54, 1.807) is 23.1 Å². The maximum Gasteiger partial charge on any atom is 0.410 e. The normalized spacial score (nSPS) is 24.7. The summed E-state index contributed by atoms with van der Waals surface area (Å²) < 4.78 is 17.6. The fourth-order valence-corrected chi connectivity index (χ4v) is 5.28. The van der Waals surface area contributed by atoms with Crippen molar-refractivity contribution in [2.75, 3.05) is 39.4 Å². The highest BCUT2D eigenvalue weighted by Crippen LogP contribution is 2.34. The summed E-state index contributed by atoms with van der Waals surface area (Å²) in [6, 6.07) is 16.7. The lowest BCUT2D eigenvalue weighted by Crippen LogP contribution is -2.44. The largest absolute Gasteiger partial charge is 0.486 e. The van der Waals surface area contributed by atoms with Gasteiger partial charge >= 0.3 is 6.09 Å². The van der Waals surface area contributed by atoms with Crippen molar-refractivity contribution < 1.29 is 24.1 Å². The van der Waals surface area contributed by atoms with Crippen molar-refractivity contribution in [1.82, 2.24) is 9.80 Å². The minimum atomic E-state index is -0.428. The summed E-state index contributed by atoms with van der Waals surface area (Å²) in [5, 5.41) is 19.1. The molecule has 3 atom stereocenters. The molecule has 3 aliphatic heterocycles. The second-order valence-electron chi connectivity index (χ2n) is 9.52. The molecule has 0 bridgehead atoms. The molecule has 3 heterocycles. The SMILES string of the molecule is N#Cc1ccc2c(c1)O[C@@H](CN1CCC(CCN3C(=O)O[C@H](c4ccccc4)[C@H]3CO)CC1)CO2. The van der Waals surface area contributed by atoms with E-state index in [0.717, 1.165) is 44.5 Å². The van der Waals surface area contributed by atoms with Crippen molar-refractivity contribution in [2.24, 2.45) is 5.92 Å². The van der Waals surface area contributed by atoms with Crippen molar-refractivity contribution >= 4 is 6.09 Å². The summed E-state index contributed by atoms with van der Waals surface area (Å²) in [5.41, 5.74) is 1.48. The van der Waals surface area contributed by atoms with Crippen molar-refractivity contribution in [2.45, 2.75) is 37.5 Å². The fraction of sp³-hybridized carbons (Fsp3) is 0.481. The monoisotopic (exact) mass is 477 g/mol. The highest BCUT2D eigenvalue weighted by Gasteiger charge is 2.42. The number of fused-ring (bicyclic) bond motifs is 1. The molecule has 2 saturated heterocycles. The number of benzene rings is 2. The van der Waals surface area contributed by atoms with E-state index in [9.17, 15) is 9.90 Å². The van der Waals surface area contributed by atoms with Crippen molar-refractivity contribution in [3.63, 3.8) is 0 Å². The lowest BCUT2D eigenvalue weighted by atomic mass is 9.92. The Hall–Kier alpha value is -3.28. The number of rotatable bonds is 7. The number of cyclic esters (lactones) is 1. The molecule has 2 aromatic carbocycles. The van der Waals surface area contributed by atoms with E-state index < -0.39 is 6.10 Å². The average molecular weight is 478 g/mol. The summed E-state index contributed by atoms with van der Waals surface area (Å²) in [4.78, 5) is 16.6. The Balaban J connectivity index is 1.09. The Morgan fingerprint density at radius 3 is 2.60 bits per heavy atom. The number of hydrogen-bond acceptors (Lipinski definition) is 7. The van der Waals surface area contributed by atoms with Crippen LogP contribution in [0.2, 0.25) is 0 Å². The first-order chi connectivity index (χ1) is 17.1. The van der Waals surface area contributed by atoms with Gasteiger partial charge in [-0.1, -0.05) is 30.3 Å². The van der Waals surface area contributed by atoms with Crippen LogP contribution < -0.4 is 9.47 Å². The third-order valence-corrected chi connectivity index (χ3v) is 7.27. The number of carbonyl (C=O) groups excluding carboxylic acids is 1. The summed E-state index contributed by atoms with van der Waals surface area (Å²) in [6.45, 7) is 3.70. The second kappa shape index (κ2) is 10.5. The smallest absolute Gasteiger partial charge is 0.410 e. The minimum Gasteiger partial charge on any atom is -0.486 e. The zero-order chi connectivity index (χ0) is 24.2. The van der Waals surface area contributed by atoms with Gasteiger partial charge in [-0.15, -0.1) is 0 Å². The van der Waals surface area contributed by atoms with E-state index in [1.807, 2.05) is 30.3 Å². The highest BCUT2D eigenvalue weighted by molar-refractivity contribution is 5.71. The Bertz CT molecular complexity index is 1060. The zero-order valence-corrected chi connectivity index (χ0v) is 19.7. The lowest BCUT2D eigenvalue weighted by molar-refractivity contribution is 0.0463. The molecule has 0 aliphatic carbocycles. The van der Waals surface area contributed by atoms with E-state index in [4.69, 9.17) is 19.5 Å². The number of amides is 1. The van der Waals surface area contributed by atoms with Gasteiger partial charge in [0.05, 0.1) is 24.3 Å². The van der Waals surface area contributed by atoms with Crippen molar-refractivity contribution in [1.29, 1.82) is 5.26 Å². The number of piperidine rings is 1. The van der Waals surface area contributed by atoms with Gasteiger partial charge in [0.2, 0.25) is 0 Å². The number of likely N-dealkylation sites (tertiary alicyclic amines) is 1. The Kier molecular flexibility index (Phi) is 7.07. The number of ether oxygens (including phenoxy) is 3. The van der Waals surface area contributed by atoms with Crippen LogP contribution in [0.15, 0.2) is 48.5 Å². The van der Waals surface area contributed by atoms with Crippen LogP contribution >= 0.6 is 0 Å². The molecule has 35 heavy (non-hydrogen) atoms. The van der Waals surface area contributed by atoms with Gasteiger partial charge in [0.1, 0.15) is 12.7 Å². The third kappa shape index (κ3) is 5.21. The molecule has 0 unspecified atom stereocenters. The van der Waals surface area contributed by atoms with Crippen LogP contribution in [-0.4, -0.2) is 72.5 Å². The molecule has 3 aliphatic rings. The molecule has 1 amide bonds. The molecule has 5 rings (SSSR count). The van der Waals surface area contributed by atoms with Gasteiger partial charge in [-0.3, -0.25) is 9.80 Å². The van der Waals surface area contributed by atoms with E-state index in [1.165, 1.54) is 0 Å². The zero-order valence-electron chi connectivity index (χ0n) is 19.7. The van der Waals surface area contributed by atoms with Gasteiger partial charge in [0.25, 0.3) is 0 Å². The van der Waals surface area contributed by atoms with Crippen LogP contribution in [0.25, 0.3) is 0 Å². The van der Waals surface area contributed by atoms with E-state index in [-0.39, 0.29) is 24.8 Å². The summed E-state index contributed by atoms with van der Waals surface area (Å²) >= 11 is 0. The molecule has 184 valence electrons. The van der Waals surface area contributed by atoms with Gasteiger partial charge in [-0.2, -0.15) is 5.26 Å². The van der Waals surface area contributed by atoms with Crippen LogP contribution in [-0.2, 0) is 4.74 Å². The molecule has 2 aromatic rings. The van der Waals surface area contributed by atoms with E-state index in [0.29, 0.717) is 36.1 Å². The first-order valence-electron chi connectivity index (χ1n) is 12.3. The van der Waals surface area contributed by atoms with E-state index in [2.05, 4.69) is 11.0 Å². The molecule has 1 N–H and O–H groups in total. The molecule has 0 saturated carbocycles. The number of nitrogens with zero attached hydrogens (tertiary/aromatic N) is 3. The second-order valence-corrected chi connectivity index (χ2v) is 9.52. The Morgan fingerprint density at radius 2 is 1.86 bits per heavy atom. The van der Waals surface area contributed by atoms with Crippen molar-refractivity contribution in [3.05, 3.63) is 59.7 Å². The molecular formula is C27H31N3O5. The first-order valence-corrected chi connectivity index (χ1v) is 12.3. The maximum absolute atomic E-state index is 12.5. The van der Waals surface area contributed by atoms with Crippen LogP contribution in [0.1, 0.15) is 36.5 Å². The molecule has 0 aromatic heterocycles. The molecule has 0 spiro atoms. The third-order valence-electron chi connectivity index (χ3n) is 7.27. The fourth-order valence-electron chi connectivity index (χ4n) is 5.28. The first kappa shape index (κ1) is 23.5. The minimum absolute atomic E-state index is 0.0624. The van der Waals surface area contributed by atoms with Crippen LogP contribution in [0.4, 0.5) is 4.79 Å². The van der Waals surface area contributed by atoms with Crippen molar-refractivity contribution in [3.8, 4) is 17.6 Å². The number of hydrogen-bond donors (Lipinski definition) is 1. The number of aliphatic hydroxyl groups excluding tert-OH is 1. The molecule has 0 radical (unpaired) electrons. The van der Waals surface area contributed by atoms with Gasteiger partial charge in [0, 0.05) is 19.2 Å². The van der Waals surface area contributed by atoms with Crippen LogP contribution in [0.3, 0.4) is 0 Å². The van der Waals surface area contributed by atoms with Crippen LogP contribution in [0, 0.1) is 17.2 Å². The summed E-state index contributed by atoms with van der Waals surface area (Å²) in [6.07, 6.45) is 2.17. The topological polar surface area (TPSA) is 95.3 Å².